The summed E-state index contributed by atoms with van der Waals surface area (Å²) < 4.78 is 44.9. The van der Waals surface area contributed by atoms with Crippen molar-refractivity contribution >= 4 is 27.8 Å². The van der Waals surface area contributed by atoms with Crippen molar-refractivity contribution in [3.8, 4) is 0 Å². The summed E-state index contributed by atoms with van der Waals surface area (Å²) in [6.45, 7) is 0.258. The Bertz CT molecular complexity index is 656. The van der Waals surface area contributed by atoms with Gasteiger partial charge in [-0.2, -0.15) is 11.8 Å². The fourth-order valence-electron chi connectivity index (χ4n) is 1.89. The van der Waals surface area contributed by atoms with Crippen LogP contribution in [-0.2, 0) is 14.8 Å². The van der Waals surface area contributed by atoms with Gasteiger partial charge in [0.15, 0.2) is 0 Å². The molecule has 0 heterocycles. The lowest BCUT2D eigenvalue weighted by atomic mass is 10.2. The molecule has 2 rings (SSSR count). The van der Waals surface area contributed by atoms with Gasteiger partial charge in [0.25, 0.3) is 0 Å². The van der Waals surface area contributed by atoms with Crippen LogP contribution in [0.1, 0.15) is 23.2 Å². The molecule has 0 saturated heterocycles. The van der Waals surface area contributed by atoms with E-state index in [1.165, 1.54) is 0 Å². The van der Waals surface area contributed by atoms with Gasteiger partial charge in [0.05, 0.1) is 17.6 Å². The maximum atomic E-state index is 13.3. The summed E-state index contributed by atoms with van der Waals surface area (Å²) in [6, 6.07) is 2.96. The number of halogens is 1. The maximum absolute atomic E-state index is 13.3. The van der Waals surface area contributed by atoms with Crippen molar-refractivity contribution in [2.24, 2.45) is 0 Å². The predicted octanol–water partition coefficient (Wildman–Crippen LogP) is 1.79. The van der Waals surface area contributed by atoms with Crippen LogP contribution < -0.4 is 4.72 Å². The Labute approximate surface area is 127 Å². The minimum Gasteiger partial charge on any atom is -0.465 e. The van der Waals surface area contributed by atoms with E-state index in [9.17, 15) is 17.6 Å². The maximum Gasteiger partial charge on any atom is 0.339 e. The van der Waals surface area contributed by atoms with Crippen molar-refractivity contribution in [2.75, 3.05) is 19.9 Å². The van der Waals surface area contributed by atoms with Crippen LogP contribution in [-0.4, -0.2) is 39.0 Å². The lowest BCUT2D eigenvalue weighted by molar-refractivity contribution is 0.0596. The molecule has 1 aromatic carbocycles. The first-order chi connectivity index (χ1) is 9.83. The van der Waals surface area contributed by atoms with Gasteiger partial charge in [-0.25, -0.2) is 22.3 Å². The number of thioether (sulfide) groups is 1. The molecule has 0 atom stereocenters. The largest absolute Gasteiger partial charge is 0.465 e. The standard InChI is InChI=1S/C13H16FNO4S2/c1-19-12(16)10-4-3-9(14)7-11(10)21(17,18)15-8-13(20-2)5-6-13/h3-4,7,15H,5-6,8H2,1-2H3. The van der Waals surface area contributed by atoms with Crippen LogP contribution in [0.4, 0.5) is 4.39 Å². The monoisotopic (exact) mass is 333 g/mol. The molecule has 5 nitrogen and oxygen atoms in total. The molecule has 0 bridgehead atoms. The van der Waals surface area contributed by atoms with Crippen LogP contribution in [0.2, 0.25) is 0 Å². The van der Waals surface area contributed by atoms with E-state index in [1.54, 1.807) is 11.8 Å². The molecule has 21 heavy (non-hydrogen) atoms. The van der Waals surface area contributed by atoms with Crippen LogP contribution >= 0.6 is 11.8 Å². The van der Waals surface area contributed by atoms with E-state index < -0.39 is 26.7 Å². The molecule has 0 amide bonds. The normalized spacial score (nSPS) is 16.5. The molecule has 0 spiro atoms. The summed E-state index contributed by atoms with van der Waals surface area (Å²) >= 11 is 1.60. The van der Waals surface area contributed by atoms with Gasteiger partial charge in [-0.1, -0.05) is 0 Å². The highest BCUT2D eigenvalue weighted by atomic mass is 32.2. The number of rotatable bonds is 6. The number of nitrogens with one attached hydrogen (secondary N) is 1. The number of sulfonamides is 1. The van der Waals surface area contributed by atoms with Gasteiger partial charge in [0.1, 0.15) is 5.82 Å². The van der Waals surface area contributed by atoms with Crippen molar-refractivity contribution in [2.45, 2.75) is 22.5 Å². The van der Waals surface area contributed by atoms with Crippen LogP contribution in [0.3, 0.4) is 0 Å². The SMILES string of the molecule is COC(=O)c1ccc(F)cc1S(=O)(=O)NCC1(SC)CC1. The Morgan fingerprint density at radius 1 is 1.48 bits per heavy atom. The van der Waals surface area contributed by atoms with Crippen LogP contribution in [0.5, 0.6) is 0 Å². The fourth-order valence-corrected chi connectivity index (χ4v) is 4.04. The second-order valence-corrected chi connectivity index (χ2v) is 7.85. The Kier molecular flexibility index (Phi) is 4.60. The second kappa shape index (κ2) is 5.94. The van der Waals surface area contributed by atoms with Crippen molar-refractivity contribution in [3.63, 3.8) is 0 Å². The van der Waals surface area contributed by atoms with Gasteiger partial charge < -0.3 is 4.74 Å². The number of carbonyl (C=O) groups is 1. The molecule has 0 aromatic heterocycles. The van der Waals surface area contributed by atoms with Crippen molar-refractivity contribution in [1.82, 2.24) is 4.72 Å². The summed E-state index contributed by atoms with van der Waals surface area (Å²) in [7, 11) is -2.83. The average molecular weight is 333 g/mol. The van der Waals surface area contributed by atoms with Gasteiger partial charge in [-0.3, -0.25) is 0 Å². The van der Waals surface area contributed by atoms with Crippen LogP contribution in [0.15, 0.2) is 23.1 Å². The molecule has 1 aliphatic carbocycles. The highest BCUT2D eigenvalue weighted by Crippen LogP contribution is 2.46. The lowest BCUT2D eigenvalue weighted by Crippen LogP contribution is -2.32. The molecular weight excluding hydrogens is 317 g/mol. The van der Waals surface area contributed by atoms with Gasteiger partial charge in [0, 0.05) is 11.3 Å². The topological polar surface area (TPSA) is 72.5 Å². The number of esters is 1. The van der Waals surface area contributed by atoms with E-state index in [0.717, 1.165) is 38.2 Å². The Morgan fingerprint density at radius 3 is 2.67 bits per heavy atom. The first-order valence-electron chi connectivity index (χ1n) is 6.26. The van der Waals surface area contributed by atoms with E-state index in [1.807, 2.05) is 6.26 Å². The van der Waals surface area contributed by atoms with E-state index in [4.69, 9.17) is 0 Å². The fraction of sp³-hybridized carbons (Fsp3) is 0.462. The number of benzene rings is 1. The van der Waals surface area contributed by atoms with Crippen molar-refractivity contribution in [1.29, 1.82) is 0 Å². The highest BCUT2D eigenvalue weighted by molar-refractivity contribution is 8.00. The minimum atomic E-state index is -3.98. The van der Waals surface area contributed by atoms with Gasteiger partial charge in [0.2, 0.25) is 10.0 Å². The minimum absolute atomic E-state index is 0.0776. The average Bonchev–Trinajstić information content (AvgIpc) is 3.25. The Balaban J connectivity index is 2.30. The molecule has 1 saturated carbocycles. The van der Waals surface area contributed by atoms with E-state index >= 15 is 0 Å². The molecule has 116 valence electrons. The summed E-state index contributed by atoms with van der Waals surface area (Å²) in [6.07, 6.45) is 3.79. The first-order valence-corrected chi connectivity index (χ1v) is 8.97. The highest BCUT2D eigenvalue weighted by Gasteiger charge is 2.42. The molecule has 1 aromatic rings. The number of hydrogen-bond donors (Lipinski definition) is 1. The molecule has 0 unspecified atom stereocenters. The van der Waals surface area contributed by atoms with E-state index in [0.29, 0.717) is 0 Å². The molecule has 1 N–H and O–H groups in total. The van der Waals surface area contributed by atoms with Gasteiger partial charge in [-0.05, 0) is 37.3 Å². The number of methoxy groups -OCH3 is 1. The third kappa shape index (κ3) is 3.56. The number of carbonyl (C=O) groups excluding carboxylic acids is 1. The quantitative estimate of drug-likeness (QED) is 0.804. The predicted molar refractivity (Wildman–Crippen MR) is 78.4 cm³/mol. The molecule has 1 fully saturated rings. The second-order valence-electron chi connectivity index (χ2n) is 4.84. The molecular formula is C13H16FNO4S2. The smallest absolute Gasteiger partial charge is 0.339 e. The van der Waals surface area contributed by atoms with Crippen molar-refractivity contribution < 1.29 is 22.3 Å². The molecule has 1 aliphatic rings. The third-order valence-electron chi connectivity index (χ3n) is 3.46. The van der Waals surface area contributed by atoms with E-state index in [2.05, 4.69) is 9.46 Å². The molecule has 0 aliphatic heterocycles. The Hall–Kier alpha value is -1.12. The van der Waals surface area contributed by atoms with E-state index in [-0.39, 0.29) is 16.9 Å². The van der Waals surface area contributed by atoms with Gasteiger partial charge in [-0.15, -0.1) is 0 Å². The van der Waals surface area contributed by atoms with Gasteiger partial charge >= 0.3 is 5.97 Å². The first kappa shape index (κ1) is 16.3. The summed E-state index contributed by atoms with van der Waals surface area (Å²) in [4.78, 5) is 11.2. The zero-order valence-corrected chi connectivity index (χ0v) is 13.3. The Morgan fingerprint density at radius 2 is 2.14 bits per heavy atom. The zero-order chi connectivity index (χ0) is 15.7. The summed E-state index contributed by atoms with van der Waals surface area (Å²) in [5.74, 6) is -1.55. The number of ether oxygens (including phenoxy) is 1. The molecule has 0 radical (unpaired) electrons. The molecule has 8 heteroatoms. The van der Waals surface area contributed by atoms with Crippen molar-refractivity contribution in [3.05, 3.63) is 29.6 Å². The zero-order valence-electron chi connectivity index (χ0n) is 11.7. The summed E-state index contributed by atoms with van der Waals surface area (Å²) in [5, 5.41) is 0. The van der Waals surface area contributed by atoms with Crippen LogP contribution in [0.25, 0.3) is 0 Å². The lowest BCUT2D eigenvalue weighted by Gasteiger charge is -2.15. The van der Waals surface area contributed by atoms with Crippen LogP contribution in [0, 0.1) is 5.82 Å². The number of hydrogen-bond acceptors (Lipinski definition) is 5. The third-order valence-corrected chi connectivity index (χ3v) is 6.32. The summed E-state index contributed by atoms with van der Waals surface area (Å²) in [5.41, 5.74) is -0.180.